The number of hydrogen-bond acceptors (Lipinski definition) is 8. The Labute approximate surface area is 55.6 Å². The lowest BCUT2D eigenvalue weighted by atomic mass is 11.1. The van der Waals surface area contributed by atoms with Gasteiger partial charge in [0.05, 0.1) is 0 Å². The van der Waals surface area contributed by atoms with Crippen molar-refractivity contribution >= 4 is 0 Å². The summed E-state index contributed by atoms with van der Waals surface area (Å²) in [6.07, 6.45) is -6.00. The van der Waals surface area contributed by atoms with Crippen molar-refractivity contribution in [2.75, 3.05) is 0 Å². The zero-order chi connectivity index (χ0) is 9.00. The fourth-order valence-corrected chi connectivity index (χ4v) is 0. The van der Waals surface area contributed by atoms with E-state index in [0.29, 0.717) is 0 Å². The molecule has 0 aromatic carbocycles. The molecule has 0 aliphatic heterocycles. The van der Waals surface area contributed by atoms with Crippen LogP contribution in [-0.4, -0.2) is 42.8 Å². The monoisotopic (exact) mass is 158 g/mol. The molecule has 0 heterocycles. The summed E-state index contributed by atoms with van der Waals surface area (Å²) in [5, 5.41) is 44.5. The molecule has 0 aromatic heterocycles. The van der Waals surface area contributed by atoms with Crippen LogP contribution in [0, 0.1) is 0 Å². The summed E-state index contributed by atoms with van der Waals surface area (Å²) in [4.78, 5) is 0. The summed E-state index contributed by atoms with van der Waals surface area (Å²) in [6.45, 7) is 0. The van der Waals surface area contributed by atoms with Gasteiger partial charge >= 0.3 is 12.2 Å². The summed E-state index contributed by atoms with van der Waals surface area (Å²) >= 11 is 0. The standard InChI is InChI=1S/2CH5NO3/c2*2-1(3,4)5/h2*3-5H,2H2. The molecule has 64 valence electrons. The SMILES string of the molecule is NC(O)(O)O.NC(O)(O)O. The number of aliphatic hydroxyl groups is 6. The molecule has 10 N–H and O–H groups in total. The van der Waals surface area contributed by atoms with Crippen LogP contribution >= 0.6 is 0 Å². The van der Waals surface area contributed by atoms with Crippen LogP contribution in [0.25, 0.3) is 0 Å². The molecule has 0 aliphatic carbocycles. The third-order valence-corrected chi connectivity index (χ3v) is 0. The molecule has 0 rings (SSSR count). The average Bonchev–Trinajstić information content (AvgIpc) is 1.12. The third kappa shape index (κ3) is 3350. The molecule has 0 radical (unpaired) electrons. The van der Waals surface area contributed by atoms with Crippen LogP contribution in [-0.2, 0) is 0 Å². The summed E-state index contributed by atoms with van der Waals surface area (Å²) in [5.74, 6) is 0. The Balaban J connectivity index is 0. The summed E-state index contributed by atoms with van der Waals surface area (Å²) in [5.41, 5.74) is 8.04. The molecule has 10 heavy (non-hydrogen) atoms. The molecule has 0 saturated carbocycles. The van der Waals surface area contributed by atoms with Gasteiger partial charge in [0.25, 0.3) is 0 Å². The van der Waals surface area contributed by atoms with Gasteiger partial charge in [-0.3, -0.25) is 11.5 Å². The lowest BCUT2D eigenvalue weighted by molar-refractivity contribution is -0.307. The van der Waals surface area contributed by atoms with E-state index in [1.54, 1.807) is 0 Å². The van der Waals surface area contributed by atoms with Crippen molar-refractivity contribution in [1.82, 2.24) is 0 Å². The first-order valence-electron chi connectivity index (χ1n) is 1.92. The van der Waals surface area contributed by atoms with Gasteiger partial charge in [0.2, 0.25) is 0 Å². The highest BCUT2D eigenvalue weighted by Gasteiger charge is 2.05. The second-order valence-electron chi connectivity index (χ2n) is 1.37. The van der Waals surface area contributed by atoms with Gasteiger partial charge in [-0.25, -0.2) is 0 Å². The second-order valence-corrected chi connectivity index (χ2v) is 1.37. The third-order valence-electron chi connectivity index (χ3n) is 0. The first-order valence-corrected chi connectivity index (χ1v) is 1.92. The van der Waals surface area contributed by atoms with Crippen LogP contribution < -0.4 is 11.5 Å². The van der Waals surface area contributed by atoms with Gasteiger partial charge in [0.15, 0.2) is 0 Å². The summed E-state index contributed by atoms with van der Waals surface area (Å²) in [6, 6.07) is 0. The first kappa shape index (κ1) is 12.4. The topological polar surface area (TPSA) is 173 Å². The smallest absolute Gasteiger partial charge is 0.330 e. The quantitative estimate of drug-likeness (QED) is 0.162. The van der Waals surface area contributed by atoms with Crippen molar-refractivity contribution in [2.45, 2.75) is 12.2 Å². The largest absolute Gasteiger partial charge is 0.340 e. The van der Waals surface area contributed by atoms with E-state index >= 15 is 0 Å². The van der Waals surface area contributed by atoms with Crippen molar-refractivity contribution in [2.24, 2.45) is 11.5 Å². The number of nitrogens with two attached hydrogens (primary N) is 2. The van der Waals surface area contributed by atoms with Crippen LogP contribution in [0.1, 0.15) is 0 Å². The highest BCUT2D eigenvalue weighted by molar-refractivity contribution is 4.16. The minimum absolute atomic E-state index is 3.00. The van der Waals surface area contributed by atoms with E-state index in [-0.39, 0.29) is 0 Å². The van der Waals surface area contributed by atoms with Crippen molar-refractivity contribution in [3.63, 3.8) is 0 Å². The highest BCUT2D eigenvalue weighted by Crippen LogP contribution is 1.69. The van der Waals surface area contributed by atoms with Gasteiger partial charge in [-0.2, -0.15) is 0 Å². The van der Waals surface area contributed by atoms with Gasteiger partial charge in [0, 0.05) is 0 Å². The van der Waals surface area contributed by atoms with Gasteiger partial charge in [-0.05, 0) is 0 Å². The molecule has 0 aliphatic rings. The van der Waals surface area contributed by atoms with Crippen LogP contribution in [0.15, 0.2) is 0 Å². The minimum atomic E-state index is -3.00. The average molecular weight is 158 g/mol. The predicted molar refractivity (Wildman–Crippen MR) is 27.1 cm³/mol. The normalized spacial score (nSPS) is 12.0. The van der Waals surface area contributed by atoms with Crippen molar-refractivity contribution in [3.8, 4) is 0 Å². The van der Waals surface area contributed by atoms with Gasteiger partial charge in [0.1, 0.15) is 0 Å². The molecule has 8 heteroatoms. The van der Waals surface area contributed by atoms with E-state index in [1.165, 1.54) is 0 Å². The van der Waals surface area contributed by atoms with Crippen molar-refractivity contribution < 1.29 is 30.6 Å². The number of rotatable bonds is 0. The van der Waals surface area contributed by atoms with E-state index in [2.05, 4.69) is 11.5 Å². The Hall–Kier alpha value is -0.320. The Morgan fingerprint density at radius 1 is 0.600 bits per heavy atom. The molecule has 0 aromatic rings. The number of hydrogen-bond donors (Lipinski definition) is 8. The predicted octanol–water partition coefficient (Wildman–Crippen LogP) is -4.93. The molecule has 0 atom stereocenters. The summed E-state index contributed by atoms with van der Waals surface area (Å²) in [7, 11) is 0. The maximum Gasteiger partial charge on any atom is 0.340 e. The van der Waals surface area contributed by atoms with E-state index in [9.17, 15) is 0 Å². The van der Waals surface area contributed by atoms with Crippen molar-refractivity contribution in [1.29, 1.82) is 0 Å². The van der Waals surface area contributed by atoms with Gasteiger partial charge < -0.3 is 30.6 Å². The Kier molecular flexibility index (Phi) is 4.64. The maximum atomic E-state index is 7.41. The lowest BCUT2D eigenvalue weighted by Crippen LogP contribution is -2.38. The van der Waals surface area contributed by atoms with E-state index in [4.69, 9.17) is 30.6 Å². The van der Waals surface area contributed by atoms with E-state index < -0.39 is 12.2 Å². The van der Waals surface area contributed by atoms with Gasteiger partial charge in [-0.1, -0.05) is 0 Å². The molecule has 0 saturated heterocycles. The van der Waals surface area contributed by atoms with E-state index in [1.807, 2.05) is 0 Å². The fraction of sp³-hybridized carbons (Fsp3) is 1.00. The minimum Gasteiger partial charge on any atom is -0.330 e. The van der Waals surface area contributed by atoms with Crippen LogP contribution in [0.2, 0.25) is 0 Å². The Morgan fingerprint density at radius 2 is 0.600 bits per heavy atom. The molecule has 0 bridgehead atoms. The zero-order valence-electron chi connectivity index (χ0n) is 4.84. The Morgan fingerprint density at radius 3 is 0.600 bits per heavy atom. The van der Waals surface area contributed by atoms with E-state index in [0.717, 1.165) is 0 Å². The molecular formula is C2H10N2O6. The lowest BCUT2D eigenvalue weighted by Gasteiger charge is -2.01. The Bertz CT molecular complexity index is 56.7. The second kappa shape index (κ2) is 3.75. The molecule has 8 nitrogen and oxygen atoms in total. The van der Waals surface area contributed by atoms with Crippen LogP contribution in [0.4, 0.5) is 0 Å². The summed E-state index contributed by atoms with van der Waals surface area (Å²) < 4.78 is 0. The fourth-order valence-electron chi connectivity index (χ4n) is 0. The molecule has 0 amide bonds. The molecule has 0 unspecified atom stereocenters. The van der Waals surface area contributed by atoms with Crippen molar-refractivity contribution in [3.05, 3.63) is 0 Å². The first-order chi connectivity index (χ1) is 4.00. The maximum absolute atomic E-state index is 7.41. The van der Waals surface area contributed by atoms with Crippen LogP contribution in [0.3, 0.4) is 0 Å². The highest BCUT2D eigenvalue weighted by atomic mass is 16.7. The van der Waals surface area contributed by atoms with Crippen LogP contribution in [0.5, 0.6) is 0 Å². The zero-order valence-corrected chi connectivity index (χ0v) is 4.84. The molecule has 0 fully saturated rings. The van der Waals surface area contributed by atoms with Gasteiger partial charge in [-0.15, -0.1) is 0 Å². The molecule has 0 spiro atoms. The molecular weight excluding hydrogens is 148 g/mol.